The van der Waals surface area contributed by atoms with Gasteiger partial charge in [-0.2, -0.15) is 0 Å². The lowest BCUT2D eigenvalue weighted by Gasteiger charge is -2.38. The molecular weight excluding hydrogens is 256 g/mol. The number of rotatable bonds is 2. The molecule has 4 nitrogen and oxygen atoms in total. The largest absolute Gasteiger partial charge is 0.469 e. The predicted molar refractivity (Wildman–Crippen MR) is 72.7 cm³/mol. The molecule has 0 aromatic heterocycles. The van der Waals surface area contributed by atoms with Crippen molar-refractivity contribution in [1.82, 2.24) is 0 Å². The van der Waals surface area contributed by atoms with E-state index >= 15 is 0 Å². The lowest BCUT2D eigenvalue weighted by molar-refractivity contribution is -0.162. The van der Waals surface area contributed by atoms with Crippen molar-refractivity contribution in [3.8, 4) is 0 Å². The number of esters is 2. The minimum atomic E-state index is -0.336. The number of carbonyl (C=O) groups excluding carboxylic acids is 2. The number of carbonyl (C=O) groups is 2. The van der Waals surface area contributed by atoms with E-state index in [9.17, 15) is 9.59 Å². The fraction of sp³-hybridized carbons (Fsp3) is 0.750. The van der Waals surface area contributed by atoms with E-state index < -0.39 is 0 Å². The van der Waals surface area contributed by atoms with Crippen molar-refractivity contribution >= 4 is 11.9 Å². The molecule has 0 bridgehead atoms. The van der Waals surface area contributed by atoms with Crippen LogP contribution in [0.2, 0.25) is 0 Å². The summed E-state index contributed by atoms with van der Waals surface area (Å²) in [5, 5.41) is 0. The molecule has 0 aliphatic heterocycles. The highest BCUT2D eigenvalue weighted by atomic mass is 16.5. The monoisotopic (exact) mass is 278 g/mol. The van der Waals surface area contributed by atoms with Crippen molar-refractivity contribution in [2.45, 2.75) is 38.5 Å². The molecule has 0 aromatic rings. The molecule has 3 aliphatic rings. The first-order valence-corrected chi connectivity index (χ1v) is 7.56. The summed E-state index contributed by atoms with van der Waals surface area (Å²) in [5.74, 6) is -0.744. The first-order chi connectivity index (χ1) is 9.69. The van der Waals surface area contributed by atoms with Crippen LogP contribution in [-0.4, -0.2) is 26.2 Å². The second-order valence-electron chi connectivity index (χ2n) is 6.15. The quantitative estimate of drug-likeness (QED) is 0.575. The van der Waals surface area contributed by atoms with Gasteiger partial charge in [-0.15, -0.1) is 0 Å². The number of ether oxygens (including phenoxy) is 2. The highest BCUT2D eigenvalue weighted by Crippen LogP contribution is 2.55. The average Bonchev–Trinajstić information content (AvgIpc) is 3.11. The van der Waals surface area contributed by atoms with Gasteiger partial charge in [0.25, 0.3) is 0 Å². The van der Waals surface area contributed by atoms with Crippen LogP contribution >= 0.6 is 0 Å². The van der Waals surface area contributed by atoms with Gasteiger partial charge in [0.1, 0.15) is 0 Å². The van der Waals surface area contributed by atoms with Crippen molar-refractivity contribution in [2.24, 2.45) is 23.7 Å². The number of hydrogen-bond donors (Lipinski definition) is 0. The second kappa shape index (κ2) is 5.23. The van der Waals surface area contributed by atoms with E-state index in [1.54, 1.807) is 0 Å². The van der Waals surface area contributed by atoms with Gasteiger partial charge in [0.05, 0.1) is 26.1 Å². The van der Waals surface area contributed by atoms with Crippen molar-refractivity contribution < 1.29 is 19.1 Å². The summed E-state index contributed by atoms with van der Waals surface area (Å²) in [6.07, 6.45) is 6.43. The van der Waals surface area contributed by atoms with Gasteiger partial charge in [-0.1, -0.05) is 11.1 Å². The topological polar surface area (TPSA) is 52.6 Å². The molecule has 0 N–H and O–H groups in total. The Morgan fingerprint density at radius 1 is 0.850 bits per heavy atom. The molecule has 0 radical (unpaired) electrons. The van der Waals surface area contributed by atoms with Gasteiger partial charge < -0.3 is 9.47 Å². The Bertz CT molecular complexity index is 423. The van der Waals surface area contributed by atoms with Gasteiger partial charge >= 0.3 is 11.9 Å². The molecule has 4 heteroatoms. The maximum absolute atomic E-state index is 12.3. The van der Waals surface area contributed by atoms with Gasteiger partial charge in [-0.05, 0) is 50.4 Å². The zero-order valence-electron chi connectivity index (χ0n) is 12.2. The number of hydrogen-bond acceptors (Lipinski definition) is 4. The first kappa shape index (κ1) is 13.7. The Morgan fingerprint density at radius 3 is 1.60 bits per heavy atom. The Kier molecular flexibility index (Phi) is 3.57. The Balaban J connectivity index is 2.06. The number of fused-ring (bicyclic) bond motifs is 2. The molecule has 0 saturated heterocycles. The Morgan fingerprint density at radius 2 is 1.25 bits per heavy atom. The maximum atomic E-state index is 12.3. The normalized spacial score (nSPS) is 35.5. The van der Waals surface area contributed by atoms with Crippen LogP contribution in [0.25, 0.3) is 0 Å². The van der Waals surface area contributed by atoms with E-state index in [1.807, 2.05) is 0 Å². The molecule has 3 rings (SSSR count). The van der Waals surface area contributed by atoms with Crippen molar-refractivity contribution in [3.63, 3.8) is 0 Å². The van der Waals surface area contributed by atoms with Gasteiger partial charge in [-0.25, -0.2) is 0 Å². The third-order valence-corrected chi connectivity index (χ3v) is 5.43. The van der Waals surface area contributed by atoms with Crippen molar-refractivity contribution in [3.05, 3.63) is 11.1 Å². The lowest BCUT2D eigenvalue weighted by atomic mass is 9.65. The molecule has 0 amide bonds. The van der Waals surface area contributed by atoms with E-state index in [2.05, 4.69) is 0 Å². The van der Waals surface area contributed by atoms with Gasteiger partial charge in [0.2, 0.25) is 0 Å². The zero-order chi connectivity index (χ0) is 14.3. The van der Waals surface area contributed by atoms with E-state index in [0.29, 0.717) is 0 Å². The van der Waals surface area contributed by atoms with Crippen LogP contribution in [-0.2, 0) is 19.1 Å². The summed E-state index contributed by atoms with van der Waals surface area (Å²) in [4.78, 5) is 24.6. The first-order valence-electron chi connectivity index (χ1n) is 7.56. The number of methoxy groups -OCH3 is 2. The summed E-state index contributed by atoms with van der Waals surface area (Å²) >= 11 is 0. The summed E-state index contributed by atoms with van der Waals surface area (Å²) in [6.45, 7) is 0. The number of allylic oxidation sites excluding steroid dienone is 2. The summed E-state index contributed by atoms with van der Waals surface area (Å²) in [7, 11) is 2.83. The van der Waals surface area contributed by atoms with Crippen LogP contribution in [0.3, 0.4) is 0 Å². The van der Waals surface area contributed by atoms with E-state index in [4.69, 9.17) is 9.47 Å². The molecular formula is C16H22O4. The molecule has 3 aliphatic carbocycles. The molecule has 2 saturated carbocycles. The lowest BCUT2D eigenvalue weighted by Crippen LogP contribution is -2.43. The summed E-state index contributed by atoms with van der Waals surface area (Å²) < 4.78 is 10.0. The van der Waals surface area contributed by atoms with Gasteiger partial charge in [0, 0.05) is 0 Å². The van der Waals surface area contributed by atoms with E-state index in [-0.39, 0.29) is 35.6 Å². The molecule has 20 heavy (non-hydrogen) atoms. The molecule has 4 atom stereocenters. The van der Waals surface area contributed by atoms with Gasteiger partial charge in [0.15, 0.2) is 0 Å². The SMILES string of the molecule is COC(=O)[C@@H]1[C@H](C(=O)OC)[C@H]2CCCC2=C2CCC[C@H]21. The Hall–Kier alpha value is -1.32. The second-order valence-corrected chi connectivity index (χ2v) is 6.15. The fourth-order valence-electron chi connectivity index (χ4n) is 4.73. The van der Waals surface area contributed by atoms with Crippen molar-refractivity contribution in [1.29, 1.82) is 0 Å². The van der Waals surface area contributed by atoms with Crippen LogP contribution in [0.15, 0.2) is 11.1 Å². The Labute approximate surface area is 119 Å². The minimum absolute atomic E-state index is 0.205. The van der Waals surface area contributed by atoms with Crippen LogP contribution in [0.1, 0.15) is 38.5 Å². The summed E-state index contributed by atoms with van der Waals surface area (Å²) in [6, 6.07) is 0. The summed E-state index contributed by atoms with van der Waals surface area (Å²) in [5.41, 5.74) is 2.92. The molecule has 110 valence electrons. The molecule has 0 heterocycles. The van der Waals surface area contributed by atoms with Gasteiger partial charge in [-0.3, -0.25) is 9.59 Å². The van der Waals surface area contributed by atoms with Crippen molar-refractivity contribution in [2.75, 3.05) is 14.2 Å². The van der Waals surface area contributed by atoms with E-state index in [1.165, 1.54) is 25.4 Å². The fourth-order valence-corrected chi connectivity index (χ4v) is 4.73. The van der Waals surface area contributed by atoms with Crippen LogP contribution in [0.5, 0.6) is 0 Å². The van der Waals surface area contributed by atoms with Crippen LogP contribution < -0.4 is 0 Å². The minimum Gasteiger partial charge on any atom is -0.469 e. The molecule has 0 spiro atoms. The molecule has 2 fully saturated rings. The maximum Gasteiger partial charge on any atom is 0.310 e. The van der Waals surface area contributed by atoms with E-state index in [0.717, 1.165) is 38.5 Å². The smallest absolute Gasteiger partial charge is 0.310 e. The highest BCUT2D eigenvalue weighted by Gasteiger charge is 2.53. The standard InChI is InChI=1S/C16H22O4/c1-19-15(17)13-11-7-3-5-9(11)10-6-4-8-12(10)14(13)16(18)20-2/h11-14H,3-8H2,1-2H3/t11-,12+,13+,14-. The van der Waals surface area contributed by atoms with Crippen LogP contribution in [0, 0.1) is 23.7 Å². The predicted octanol–water partition coefficient (Wildman–Crippen LogP) is 2.48. The zero-order valence-corrected chi connectivity index (χ0v) is 12.2. The average molecular weight is 278 g/mol. The third-order valence-electron chi connectivity index (χ3n) is 5.43. The van der Waals surface area contributed by atoms with Crippen LogP contribution in [0.4, 0.5) is 0 Å². The molecule has 0 unspecified atom stereocenters. The highest BCUT2D eigenvalue weighted by molar-refractivity contribution is 5.84. The third kappa shape index (κ3) is 1.88. The molecule has 0 aromatic carbocycles.